The van der Waals surface area contributed by atoms with Gasteiger partial charge in [-0.3, -0.25) is 19.3 Å². The van der Waals surface area contributed by atoms with Crippen LogP contribution in [0, 0.1) is 0 Å². The maximum atomic E-state index is 12.4. The summed E-state index contributed by atoms with van der Waals surface area (Å²) in [5, 5.41) is 0.523. The highest BCUT2D eigenvalue weighted by Crippen LogP contribution is 2.14. The number of carbonyl (C=O) groups excluding carboxylic acids is 3. The summed E-state index contributed by atoms with van der Waals surface area (Å²) in [5.41, 5.74) is 1.46. The molecule has 6 heteroatoms. The molecule has 128 valence electrons. The monoisotopic (exact) mass is 356 g/mol. The Hall–Kier alpha value is -2.66. The number of hydrogen-bond donors (Lipinski definition) is 0. The second-order valence-electron chi connectivity index (χ2n) is 5.84. The van der Waals surface area contributed by atoms with Crippen molar-refractivity contribution in [3.63, 3.8) is 0 Å². The van der Waals surface area contributed by atoms with E-state index in [1.165, 1.54) is 9.80 Å². The summed E-state index contributed by atoms with van der Waals surface area (Å²) in [4.78, 5) is 39.6. The zero-order chi connectivity index (χ0) is 17.8. The van der Waals surface area contributed by atoms with Gasteiger partial charge in [0.05, 0.1) is 0 Å². The number of nitrogens with zero attached hydrogens (tertiary/aromatic N) is 2. The van der Waals surface area contributed by atoms with Gasteiger partial charge in [0.15, 0.2) is 0 Å². The van der Waals surface area contributed by atoms with Crippen molar-refractivity contribution in [2.45, 2.75) is 6.42 Å². The molecule has 0 bridgehead atoms. The molecule has 0 aliphatic carbocycles. The predicted molar refractivity (Wildman–Crippen MR) is 94.2 cm³/mol. The van der Waals surface area contributed by atoms with Gasteiger partial charge in [0.2, 0.25) is 11.8 Å². The predicted octanol–water partition coefficient (Wildman–Crippen LogP) is 2.39. The fraction of sp³-hybridized carbons (Fsp3) is 0.211. The molecule has 1 saturated heterocycles. The summed E-state index contributed by atoms with van der Waals surface area (Å²) < 4.78 is 0. The molecule has 0 unspecified atom stereocenters. The van der Waals surface area contributed by atoms with Crippen LogP contribution in [0.5, 0.6) is 0 Å². The third-order valence-corrected chi connectivity index (χ3v) is 4.35. The van der Waals surface area contributed by atoms with Gasteiger partial charge in [-0.25, -0.2) is 0 Å². The number of rotatable bonds is 4. The van der Waals surface area contributed by atoms with Crippen LogP contribution in [0.15, 0.2) is 54.6 Å². The molecule has 0 atom stereocenters. The Morgan fingerprint density at radius 2 is 1.52 bits per heavy atom. The van der Waals surface area contributed by atoms with Crippen LogP contribution in [-0.4, -0.2) is 47.2 Å². The maximum Gasteiger partial charge on any atom is 0.254 e. The largest absolute Gasteiger partial charge is 0.320 e. The van der Waals surface area contributed by atoms with Gasteiger partial charge in [0, 0.05) is 17.1 Å². The minimum absolute atomic E-state index is 0.0952. The summed E-state index contributed by atoms with van der Waals surface area (Å²) >= 11 is 5.81. The lowest BCUT2D eigenvalue weighted by atomic mass is 10.1. The summed E-state index contributed by atoms with van der Waals surface area (Å²) in [5.74, 6) is -1.05. The summed E-state index contributed by atoms with van der Waals surface area (Å²) in [7, 11) is 0. The second-order valence-corrected chi connectivity index (χ2v) is 6.28. The van der Waals surface area contributed by atoms with E-state index in [0.717, 1.165) is 5.56 Å². The normalized spacial score (nSPS) is 14.8. The number of piperazine rings is 1. The average molecular weight is 357 g/mol. The molecule has 0 radical (unpaired) electrons. The second kappa shape index (κ2) is 7.49. The molecule has 0 spiro atoms. The molecule has 25 heavy (non-hydrogen) atoms. The van der Waals surface area contributed by atoms with E-state index in [4.69, 9.17) is 11.6 Å². The van der Waals surface area contributed by atoms with Gasteiger partial charge < -0.3 is 4.90 Å². The smallest absolute Gasteiger partial charge is 0.254 e. The van der Waals surface area contributed by atoms with E-state index in [1.807, 2.05) is 30.3 Å². The zero-order valence-electron chi connectivity index (χ0n) is 13.5. The zero-order valence-corrected chi connectivity index (χ0v) is 14.3. The highest BCUT2D eigenvalue weighted by atomic mass is 35.5. The van der Waals surface area contributed by atoms with Crippen LogP contribution in [0.4, 0.5) is 0 Å². The van der Waals surface area contributed by atoms with Crippen molar-refractivity contribution in [2.24, 2.45) is 0 Å². The molecule has 0 saturated carbocycles. The first-order valence-electron chi connectivity index (χ1n) is 7.96. The fourth-order valence-corrected chi connectivity index (χ4v) is 2.87. The first-order chi connectivity index (χ1) is 12.0. The van der Waals surface area contributed by atoms with E-state index in [-0.39, 0.29) is 30.8 Å². The van der Waals surface area contributed by atoms with Crippen molar-refractivity contribution in [2.75, 3.05) is 19.6 Å². The van der Waals surface area contributed by atoms with Crippen LogP contribution >= 0.6 is 11.6 Å². The molecule has 3 rings (SSSR count). The number of benzene rings is 2. The minimum atomic E-state index is -0.352. The van der Waals surface area contributed by atoms with Gasteiger partial charge in [-0.1, -0.05) is 41.9 Å². The summed E-state index contributed by atoms with van der Waals surface area (Å²) in [6, 6.07) is 16.0. The van der Waals surface area contributed by atoms with Crippen molar-refractivity contribution in [3.8, 4) is 0 Å². The molecule has 1 fully saturated rings. The Labute approximate surface area is 150 Å². The Morgan fingerprint density at radius 3 is 2.12 bits per heavy atom. The lowest BCUT2D eigenvalue weighted by Gasteiger charge is -2.32. The topological polar surface area (TPSA) is 57.7 Å². The first kappa shape index (κ1) is 17.2. The van der Waals surface area contributed by atoms with Gasteiger partial charge in [-0.05, 0) is 36.2 Å². The molecule has 1 aliphatic rings. The van der Waals surface area contributed by atoms with E-state index in [2.05, 4.69) is 0 Å². The Morgan fingerprint density at radius 1 is 0.920 bits per heavy atom. The van der Waals surface area contributed by atoms with Crippen LogP contribution in [0.1, 0.15) is 15.9 Å². The maximum absolute atomic E-state index is 12.4. The first-order valence-corrected chi connectivity index (χ1v) is 8.34. The summed E-state index contributed by atoms with van der Waals surface area (Å²) in [6.07, 6.45) is 0.601. The number of amides is 3. The van der Waals surface area contributed by atoms with Crippen molar-refractivity contribution in [1.29, 1.82) is 0 Å². The molecule has 5 nitrogen and oxygen atoms in total. The van der Waals surface area contributed by atoms with Crippen LogP contribution in [-0.2, 0) is 16.0 Å². The van der Waals surface area contributed by atoms with E-state index in [1.54, 1.807) is 24.3 Å². The fourth-order valence-electron chi connectivity index (χ4n) is 2.75. The van der Waals surface area contributed by atoms with Crippen molar-refractivity contribution in [1.82, 2.24) is 9.80 Å². The number of imide groups is 1. The quantitative estimate of drug-likeness (QED) is 0.790. The average Bonchev–Trinajstić information content (AvgIpc) is 2.62. The highest BCUT2D eigenvalue weighted by Gasteiger charge is 2.33. The van der Waals surface area contributed by atoms with Gasteiger partial charge in [-0.15, -0.1) is 0 Å². The van der Waals surface area contributed by atoms with Crippen LogP contribution in [0.25, 0.3) is 0 Å². The van der Waals surface area contributed by atoms with Crippen molar-refractivity contribution < 1.29 is 14.4 Å². The van der Waals surface area contributed by atoms with E-state index >= 15 is 0 Å². The molecule has 3 amide bonds. The Kier molecular flexibility index (Phi) is 5.14. The Balaban J connectivity index is 1.63. The van der Waals surface area contributed by atoms with E-state index in [0.29, 0.717) is 23.6 Å². The third kappa shape index (κ3) is 4.06. The van der Waals surface area contributed by atoms with Crippen molar-refractivity contribution in [3.05, 3.63) is 70.7 Å². The molecule has 2 aromatic rings. The van der Waals surface area contributed by atoms with Gasteiger partial charge in [0.25, 0.3) is 5.91 Å². The lowest BCUT2D eigenvalue weighted by molar-refractivity contribution is -0.150. The van der Waals surface area contributed by atoms with Crippen LogP contribution < -0.4 is 0 Å². The van der Waals surface area contributed by atoms with Crippen LogP contribution in [0.3, 0.4) is 0 Å². The van der Waals surface area contributed by atoms with E-state index in [9.17, 15) is 14.4 Å². The van der Waals surface area contributed by atoms with Gasteiger partial charge in [-0.2, -0.15) is 0 Å². The number of carbonyl (C=O) groups is 3. The standard InChI is InChI=1S/C19H17ClN2O3/c20-16-8-6-15(7-9-16)19(25)21-12-17(23)22(18(24)13-21)11-10-14-4-2-1-3-5-14/h1-9H,10-13H2. The number of hydrogen-bond acceptors (Lipinski definition) is 3. The number of halogens is 1. The molecular formula is C19H17ClN2O3. The molecule has 2 aromatic carbocycles. The Bertz CT molecular complexity index is 772. The van der Waals surface area contributed by atoms with E-state index < -0.39 is 0 Å². The molecule has 0 N–H and O–H groups in total. The lowest BCUT2D eigenvalue weighted by Crippen LogP contribution is -2.55. The minimum Gasteiger partial charge on any atom is -0.320 e. The van der Waals surface area contributed by atoms with Crippen molar-refractivity contribution >= 4 is 29.3 Å². The summed E-state index contributed by atoms with van der Waals surface area (Å²) in [6.45, 7) is 0.134. The SMILES string of the molecule is O=C(c1ccc(Cl)cc1)N1CC(=O)N(CCc2ccccc2)C(=O)C1. The van der Waals surface area contributed by atoms with Gasteiger partial charge in [0.1, 0.15) is 13.1 Å². The molecule has 1 heterocycles. The molecular weight excluding hydrogens is 340 g/mol. The molecule has 0 aromatic heterocycles. The highest BCUT2D eigenvalue weighted by molar-refractivity contribution is 6.30. The van der Waals surface area contributed by atoms with Crippen LogP contribution in [0.2, 0.25) is 5.02 Å². The third-order valence-electron chi connectivity index (χ3n) is 4.10. The molecule has 1 aliphatic heterocycles. The van der Waals surface area contributed by atoms with Gasteiger partial charge >= 0.3 is 0 Å².